The van der Waals surface area contributed by atoms with Gasteiger partial charge in [-0.2, -0.15) is 0 Å². The van der Waals surface area contributed by atoms with Crippen LogP contribution in [0.5, 0.6) is 11.5 Å². The zero-order valence-electron chi connectivity index (χ0n) is 21.5. The summed E-state index contributed by atoms with van der Waals surface area (Å²) in [5.74, 6) is 1.43. The number of ether oxygens (including phenoxy) is 2. The van der Waals surface area contributed by atoms with Crippen LogP contribution in [0.25, 0.3) is 0 Å². The van der Waals surface area contributed by atoms with Gasteiger partial charge in [-0.1, -0.05) is 49.4 Å². The number of fused-ring (bicyclic) bond motifs is 1. The SMILES string of the molecule is CCCOc1ccccc1[C@@H]1CC(=O)C2=C(C1)Nc1ccccc1N(C(C)=O)[C@@H]2c1ccc(OC)cc1. The molecule has 1 aliphatic heterocycles. The number of allylic oxidation sites excluding steroid dienone is 1. The summed E-state index contributed by atoms with van der Waals surface area (Å²) in [6.45, 7) is 4.26. The highest BCUT2D eigenvalue weighted by molar-refractivity contribution is 6.06. The topological polar surface area (TPSA) is 67.9 Å². The van der Waals surface area contributed by atoms with E-state index in [1.165, 1.54) is 0 Å². The van der Waals surface area contributed by atoms with E-state index >= 15 is 0 Å². The summed E-state index contributed by atoms with van der Waals surface area (Å²) in [6.07, 6.45) is 1.90. The van der Waals surface area contributed by atoms with Crippen molar-refractivity contribution in [1.82, 2.24) is 0 Å². The third-order valence-electron chi connectivity index (χ3n) is 7.08. The molecule has 6 nitrogen and oxygen atoms in total. The molecule has 0 fully saturated rings. The molecule has 3 aromatic rings. The maximum Gasteiger partial charge on any atom is 0.224 e. The summed E-state index contributed by atoms with van der Waals surface area (Å²) in [4.78, 5) is 28.9. The quantitative estimate of drug-likeness (QED) is 0.427. The van der Waals surface area contributed by atoms with Gasteiger partial charge < -0.3 is 14.8 Å². The number of hydrogen-bond acceptors (Lipinski definition) is 5. The van der Waals surface area contributed by atoms with Gasteiger partial charge in [-0.05, 0) is 54.3 Å². The largest absolute Gasteiger partial charge is 0.497 e. The number of methoxy groups -OCH3 is 1. The van der Waals surface area contributed by atoms with E-state index in [1.807, 2.05) is 66.7 Å². The standard InChI is InChI=1S/C31H32N2O4/c1-4-17-37-29-12-8-5-9-24(29)22-18-26-30(28(35)19-22)31(21-13-15-23(36-3)16-14-21)33(20(2)34)27-11-7-6-10-25(27)32-26/h5-16,22,31-32H,4,17-19H2,1-3H3/t22-,31+/m0/s1. The van der Waals surface area contributed by atoms with Gasteiger partial charge in [0.1, 0.15) is 11.5 Å². The summed E-state index contributed by atoms with van der Waals surface area (Å²) in [6, 6.07) is 22.8. The second kappa shape index (κ2) is 10.5. The molecule has 190 valence electrons. The normalized spacial score (nSPS) is 18.9. The van der Waals surface area contributed by atoms with Crippen LogP contribution in [0.2, 0.25) is 0 Å². The molecule has 0 saturated carbocycles. The highest BCUT2D eigenvalue weighted by Gasteiger charge is 2.41. The van der Waals surface area contributed by atoms with E-state index in [0.717, 1.165) is 46.1 Å². The molecule has 0 aromatic heterocycles. The lowest BCUT2D eigenvalue weighted by Gasteiger charge is -2.34. The Kier molecular flexibility index (Phi) is 6.99. The van der Waals surface area contributed by atoms with Crippen molar-refractivity contribution < 1.29 is 19.1 Å². The summed E-state index contributed by atoms with van der Waals surface area (Å²) in [5.41, 5.74) is 4.95. The molecule has 1 aliphatic carbocycles. The van der Waals surface area contributed by atoms with Crippen molar-refractivity contribution in [3.05, 3.63) is 95.2 Å². The fraction of sp³-hybridized carbons (Fsp3) is 0.290. The average molecular weight is 497 g/mol. The van der Waals surface area contributed by atoms with Crippen LogP contribution in [-0.4, -0.2) is 25.4 Å². The fourth-order valence-corrected chi connectivity index (χ4v) is 5.42. The van der Waals surface area contributed by atoms with Gasteiger partial charge in [0.2, 0.25) is 5.91 Å². The van der Waals surface area contributed by atoms with E-state index in [-0.39, 0.29) is 17.6 Å². The van der Waals surface area contributed by atoms with Crippen LogP contribution in [0.15, 0.2) is 84.1 Å². The summed E-state index contributed by atoms with van der Waals surface area (Å²) in [5, 5.41) is 3.56. The minimum absolute atomic E-state index is 0.0284. The number of rotatable bonds is 6. The van der Waals surface area contributed by atoms with Crippen LogP contribution in [-0.2, 0) is 9.59 Å². The Labute approximate surface area is 217 Å². The minimum atomic E-state index is -0.547. The molecule has 2 aliphatic rings. The van der Waals surface area contributed by atoms with Gasteiger partial charge in [0, 0.05) is 30.5 Å². The lowest BCUT2D eigenvalue weighted by atomic mass is 9.78. The van der Waals surface area contributed by atoms with Gasteiger partial charge in [0.15, 0.2) is 5.78 Å². The predicted molar refractivity (Wildman–Crippen MR) is 145 cm³/mol. The predicted octanol–water partition coefficient (Wildman–Crippen LogP) is 6.40. The number of nitrogens with zero attached hydrogens (tertiary/aromatic N) is 1. The van der Waals surface area contributed by atoms with Crippen LogP contribution in [0.3, 0.4) is 0 Å². The first-order chi connectivity index (χ1) is 18.0. The van der Waals surface area contributed by atoms with E-state index in [0.29, 0.717) is 25.0 Å². The number of nitrogens with one attached hydrogen (secondary N) is 1. The molecule has 1 amide bonds. The Morgan fingerprint density at radius 3 is 2.46 bits per heavy atom. The first-order valence-corrected chi connectivity index (χ1v) is 12.8. The Bertz CT molecular complexity index is 1350. The molecule has 6 heteroatoms. The number of carbonyl (C=O) groups excluding carboxylic acids is 2. The van der Waals surface area contributed by atoms with Crippen molar-refractivity contribution in [2.75, 3.05) is 23.9 Å². The highest BCUT2D eigenvalue weighted by Crippen LogP contribution is 2.48. The molecule has 0 saturated heterocycles. The van der Waals surface area contributed by atoms with Crippen LogP contribution in [0, 0.1) is 0 Å². The summed E-state index contributed by atoms with van der Waals surface area (Å²) in [7, 11) is 1.62. The Morgan fingerprint density at radius 1 is 1.00 bits per heavy atom. The summed E-state index contributed by atoms with van der Waals surface area (Å²) >= 11 is 0. The maximum atomic E-state index is 14.0. The zero-order chi connectivity index (χ0) is 25.9. The first-order valence-electron chi connectivity index (χ1n) is 12.8. The van der Waals surface area contributed by atoms with Crippen LogP contribution >= 0.6 is 0 Å². The molecule has 1 heterocycles. The lowest BCUT2D eigenvalue weighted by molar-refractivity contribution is -0.117. The van der Waals surface area contributed by atoms with Gasteiger partial charge in [-0.25, -0.2) is 0 Å². The van der Waals surface area contributed by atoms with E-state index in [9.17, 15) is 9.59 Å². The second-order valence-corrected chi connectivity index (χ2v) is 9.51. The minimum Gasteiger partial charge on any atom is -0.497 e. The number of benzene rings is 3. The Morgan fingerprint density at radius 2 is 1.73 bits per heavy atom. The molecule has 0 spiro atoms. The van der Waals surface area contributed by atoms with E-state index in [4.69, 9.17) is 9.47 Å². The van der Waals surface area contributed by atoms with Gasteiger partial charge >= 0.3 is 0 Å². The van der Waals surface area contributed by atoms with E-state index in [1.54, 1.807) is 18.9 Å². The molecule has 0 bridgehead atoms. The second-order valence-electron chi connectivity index (χ2n) is 9.51. The van der Waals surface area contributed by atoms with Crippen LogP contribution in [0.1, 0.15) is 56.2 Å². The van der Waals surface area contributed by atoms with Crippen LogP contribution in [0.4, 0.5) is 11.4 Å². The average Bonchev–Trinajstić information content (AvgIpc) is 3.07. The third kappa shape index (κ3) is 4.71. The van der Waals surface area contributed by atoms with Crippen molar-refractivity contribution in [2.45, 2.75) is 45.1 Å². The van der Waals surface area contributed by atoms with Crippen molar-refractivity contribution in [2.24, 2.45) is 0 Å². The van der Waals surface area contributed by atoms with Crippen molar-refractivity contribution in [1.29, 1.82) is 0 Å². The molecule has 2 atom stereocenters. The van der Waals surface area contributed by atoms with Gasteiger partial charge in [-0.3, -0.25) is 14.5 Å². The number of carbonyl (C=O) groups is 2. The van der Waals surface area contributed by atoms with Crippen LogP contribution < -0.4 is 19.7 Å². The highest BCUT2D eigenvalue weighted by atomic mass is 16.5. The molecule has 0 unspecified atom stereocenters. The van der Waals surface area contributed by atoms with E-state index in [2.05, 4.69) is 18.3 Å². The summed E-state index contributed by atoms with van der Waals surface area (Å²) < 4.78 is 11.4. The maximum absolute atomic E-state index is 14.0. The molecular formula is C31H32N2O4. The monoisotopic (exact) mass is 496 g/mol. The third-order valence-corrected chi connectivity index (χ3v) is 7.08. The molecule has 1 N–H and O–H groups in total. The number of amides is 1. The Balaban J connectivity index is 1.65. The number of ketones is 1. The van der Waals surface area contributed by atoms with Crippen molar-refractivity contribution in [3.63, 3.8) is 0 Å². The molecule has 37 heavy (non-hydrogen) atoms. The van der Waals surface area contributed by atoms with Gasteiger partial charge in [0.25, 0.3) is 0 Å². The van der Waals surface area contributed by atoms with Crippen molar-refractivity contribution >= 4 is 23.1 Å². The van der Waals surface area contributed by atoms with E-state index < -0.39 is 6.04 Å². The first kappa shape index (κ1) is 24.6. The number of Topliss-reactive ketones (excluding diaryl/α,β-unsaturated/α-hetero) is 1. The molecule has 3 aromatic carbocycles. The van der Waals surface area contributed by atoms with Gasteiger partial charge in [0.05, 0.1) is 31.1 Å². The number of hydrogen-bond donors (Lipinski definition) is 1. The zero-order valence-corrected chi connectivity index (χ0v) is 21.5. The molecule has 5 rings (SSSR count). The molecular weight excluding hydrogens is 464 g/mol. The molecule has 0 radical (unpaired) electrons. The smallest absolute Gasteiger partial charge is 0.224 e. The lowest BCUT2D eigenvalue weighted by Crippen LogP contribution is -2.37. The number of para-hydroxylation sites is 3. The van der Waals surface area contributed by atoms with Gasteiger partial charge in [-0.15, -0.1) is 0 Å². The van der Waals surface area contributed by atoms with Crippen molar-refractivity contribution in [3.8, 4) is 11.5 Å². The fourth-order valence-electron chi connectivity index (χ4n) is 5.42. The number of anilines is 2. The Hall–Kier alpha value is -4.06.